The first-order chi connectivity index (χ1) is 13.5. The lowest BCUT2D eigenvalue weighted by atomic mass is 9.99. The van der Waals surface area contributed by atoms with Crippen LogP contribution in [0.4, 0.5) is 0 Å². The molecule has 2 aliphatic carbocycles. The van der Waals surface area contributed by atoms with Crippen molar-refractivity contribution >= 4 is 27.3 Å². The van der Waals surface area contributed by atoms with Crippen molar-refractivity contribution in [2.24, 2.45) is 0 Å². The molecule has 0 bridgehead atoms. The summed E-state index contributed by atoms with van der Waals surface area (Å²) >= 11 is 0. The van der Waals surface area contributed by atoms with Gasteiger partial charge in [-0.1, -0.05) is 38.5 Å². The van der Waals surface area contributed by atoms with Crippen LogP contribution in [0.3, 0.4) is 0 Å². The highest BCUT2D eigenvalue weighted by Crippen LogP contribution is 2.67. The summed E-state index contributed by atoms with van der Waals surface area (Å²) in [4.78, 5) is 0. The SMILES string of the molecule is CS(=O)(=O)OC[C@@H]1C[C@H](P(=O)(C2CCCCC2)C2CCCCC2)CN1S(C)(=O)=O. The van der Waals surface area contributed by atoms with Gasteiger partial charge in [-0.3, -0.25) is 4.18 Å². The van der Waals surface area contributed by atoms with Gasteiger partial charge in [0, 0.05) is 23.5 Å². The van der Waals surface area contributed by atoms with Crippen molar-refractivity contribution < 1.29 is 25.6 Å². The van der Waals surface area contributed by atoms with E-state index >= 15 is 0 Å². The molecule has 0 spiro atoms. The van der Waals surface area contributed by atoms with E-state index in [-0.39, 0.29) is 30.1 Å². The molecule has 29 heavy (non-hydrogen) atoms. The normalized spacial score (nSPS) is 29.3. The van der Waals surface area contributed by atoms with Gasteiger partial charge < -0.3 is 4.57 Å². The molecule has 170 valence electrons. The van der Waals surface area contributed by atoms with Gasteiger partial charge in [-0.05, 0) is 32.1 Å². The monoisotopic (exact) mass is 469 g/mol. The average Bonchev–Trinajstić information content (AvgIpc) is 3.12. The molecule has 0 radical (unpaired) electrons. The first kappa shape index (κ1) is 23.7. The minimum absolute atomic E-state index is 0.184. The van der Waals surface area contributed by atoms with Crippen LogP contribution in [0.25, 0.3) is 0 Å². The lowest BCUT2D eigenvalue weighted by molar-refractivity contribution is 0.239. The number of hydrogen-bond donors (Lipinski definition) is 0. The molecule has 0 aromatic rings. The lowest BCUT2D eigenvalue weighted by Gasteiger charge is -2.41. The van der Waals surface area contributed by atoms with Crippen LogP contribution in [0.5, 0.6) is 0 Å². The average molecular weight is 470 g/mol. The Morgan fingerprint density at radius 1 is 0.828 bits per heavy atom. The fourth-order valence-corrected chi connectivity index (χ4v) is 12.6. The molecule has 0 amide bonds. The summed E-state index contributed by atoms with van der Waals surface area (Å²) in [5.41, 5.74) is 0.206. The van der Waals surface area contributed by atoms with Crippen LogP contribution >= 0.6 is 7.14 Å². The van der Waals surface area contributed by atoms with Crippen molar-refractivity contribution in [2.45, 2.75) is 93.6 Å². The zero-order valence-corrected chi connectivity index (χ0v) is 20.2. The number of nitrogens with zero attached hydrogens (tertiary/aromatic N) is 1. The van der Waals surface area contributed by atoms with Crippen LogP contribution in [-0.4, -0.2) is 69.8 Å². The highest BCUT2D eigenvalue weighted by Gasteiger charge is 2.52. The Morgan fingerprint density at radius 3 is 1.72 bits per heavy atom. The molecule has 3 rings (SSSR count). The summed E-state index contributed by atoms with van der Waals surface area (Å²) in [6.07, 6.45) is 13.3. The Kier molecular flexibility index (Phi) is 7.58. The Morgan fingerprint density at radius 2 is 1.31 bits per heavy atom. The van der Waals surface area contributed by atoms with Crippen LogP contribution in [0.2, 0.25) is 0 Å². The lowest BCUT2D eigenvalue weighted by Crippen LogP contribution is -2.38. The molecule has 0 aromatic heterocycles. The van der Waals surface area contributed by atoms with Crippen molar-refractivity contribution in [3.63, 3.8) is 0 Å². The molecule has 0 aromatic carbocycles. The molecular weight excluding hydrogens is 433 g/mol. The van der Waals surface area contributed by atoms with Crippen LogP contribution < -0.4 is 0 Å². The standard InChI is InChI=1S/C19H36NO6PS2/c1-28(22,23)20-14-19(13-16(20)15-26-29(2,24)25)27(21,17-9-5-3-6-10-17)18-11-7-4-8-12-18/h16-19H,3-15H2,1-2H3/t16-,19-/m0/s1. The van der Waals surface area contributed by atoms with Crippen LogP contribution in [0, 0.1) is 0 Å². The minimum Gasteiger partial charge on any atom is -0.323 e. The number of sulfonamides is 1. The number of rotatable bonds is 7. The Bertz CT molecular complexity index is 794. The highest BCUT2D eigenvalue weighted by atomic mass is 32.2. The molecule has 0 N–H and O–H groups in total. The van der Waals surface area contributed by atoms with Gasteiger partial charge in [0.15, 0.2) is 0 Å². The van der Waals surface area contributed by atoms with Crippen molar-refractivity contribution in [2.75, 3.05) is 25.7 Å². The Balaban J connectivity index is 1.89. The summed E-state index contributed by atoms with van der Waals surface area (Å²) < 4.78 is 68.9. The molecule has 2 atom stereocenters. The fraction of sp³-hybridized carbons (Fsp3) is 1.00. The van der Waals surface area contributed by atoms with Gasteiger partial charge in [-0.25, -0.2) is 8.42 Å². The fourth-order valence-electron chi connectivity index (χ4n) is 5.78. The molecule has 3 aliphatic rings. The molecule has 0 unspecified atom stereocenters. The van der Waals surface area contributed by atoms with Crippen molar-refractivity contribution in [3.8, 4) is 0 Å². The second-order valence-electron chi connectivity index (χ2n) is 9.21. The van der Waals surface area contributed by atoms with E-state index in [1.165, 1.54) is 17.1 Å². The molecule has 1 heterocycles. The summed E-state index contributed by atoms with van der Waals surface area (Å²) in [5.74, 6) is 0. The molecule has 2 saturated carbocycles. The third-order valence-electron chi connectivity index (χ3n) is 7.10. The van der Waals surface area contributed by atoms with Gasteiger partial charge >= 0.3 is 0 Å². The Hall–Kier alpha value is 0.0500. The van der Waals surface area contributed by atoms with Crippen LogP contribution in [0.15, 0.2) is 0 Å². The minimum atomic E-state index is -3.66. The Labute approximate surface area is 176 Å². The van der Waals surface area contributed by atoms with E-state index < -0.39 is 33.3 Å². The summed E-state index contributed by atoms with van der Waals surface area (Å²) in [6, 6.07) is -0.565. The maximum atomic E-state index is 14.8. The summed E-state index contributed by atoms with van der Waals surface area (Å²) in [6.45, 7) is 0.0403. The maximum Gasteiger partial charge on any atom is 0.264 e. The molecule has 1 aliphatic heterocycles. The van der Waals surface area contributed by atoms with Crippen molar-refractivity contribution in [1.29, 1.82) is 0 Å². The summed E-state index contributed by atoms with van der Waals surface area (Å²) in [5, 5.41) is 0. The van der Waals surface area contributed by atoms with E-state index in [0.29, 0.717) is 6.42 Å². The van der Waals surface area contributed by atoms with Crippen LogP contribution in [0.1, 0.15) is 70.6 Å². The van der Waals surface area contributed by atoms with Gasteiger partial charge in [-0.15, -0.1) is 0 Å². The van der Waals surface area contributed by atoms with E-state index in [1.54, 1.807) is 0 Å². The third kappa shape index (κ3) is 5.65. The maximum absolute atomic E-state index is 14.8. The van der Waals surface area contributed by atoms with Gasteiger partial charge in [0.1, 0.15) is 0 Å². The zero-order chi connectivity index (χ0) is 21.3. The van der Waals surface area contributed by atoms with Gasteiger partial charge in [0.25, 0.3) is 10.1 Å². The van der Waals surface area contributed by atoms with Crippen LogP contribution in [-0.2, 0) is 28.9 Å². The predicted molar refractivity (Wildman–Crippen MR) is 116 cm³/mol. The van der Waals surface area contributed by atoms with Gasteiger partial charge in [0.2, 0.25) is 10.0 Å². The van der Waals surface area contributed by atoms with E-state index in [2.05, 4.69) is 0 Å². The third-order valence-corrected chi connectivity index (χ3v) is 13.8. The molecule has 3 fully saturated rings. The molecule has 7 nitrogen and oxygen atoms in total. The van der Waals surface area contributed by atoms with Gasteiger partial charge in [-0.2, -0.15) is 12.7 Å². The van der Waals surface area contributed by atoms with E-state index in [4.69, 9.17) is 4.18 Å². The van der Waals surface area contributed by atoms with Crippen molar-refractivity contribution in [3.05, 3.63) is 0 Å². The smallest absolute Gasteiger partial charge is 0.264 e. The molecular formula is C19H36NO6PS2. The molecule has 10 heteroatoms. The van der Waals surface area contributed by atoms with E-state index in [9.17, 15) is 21.4 Å². The second-order valence-corrected chi connectivity index (χ2v) is 16.5. The van der Waals surface area contributed by atoms with Crippen molar-refractivity contribution in [1.82, 2.24) is 4.31 Å². The van der Waals surface area contributed by atoms with E-state index in [0.717, 1.165) is 63.9 Å². The quantitative estimate of drug-likeness (QED) is 0.419. The largest absolute Gasteiger partial charge is 0.323 e. The second kappa shape index (κ2) is 9.27. The zero-order valence-electron chi connectivity index (χ0n) is 17.7. The highest BCUT2D eigenvalue weighted by molar-refractivity contribution is 7.88. The first-order valence-corrected chi connectivity index (χ1v) is 16.5. The topological polar surface area (TPSA) is 97.8 Å². The molecule has 1 saturated heterocycles. The summed E-state index contributed by atoms with van der Waals surface area (Å²) in [7, 11) is -9.84. The predicted octanol–water partition coefficient (Wildman–Crippen LogP) is 3.39. The number of hydrogen-bond acceptors (Lipinski definition) is 6. The van der Waals surface area contributed by atoms with Gasteiger partial charge in [0.05, 0.1) is 32.3 Å². The first-order valence-electron chi connectivity index (χ1n) is 10.9. The van der Waals surface area contributed by atoms with E-state index in [1.807, 2.05) is 0 Å².